The van der Waals surface area contributed by atoms with Crippen molar-refractivity contribution in [3.8, 4) is 11.5 Å². The largest absolute Gasteiger partial charge is 0.493 e. The molecular weight excluding hydrogens is 372 g/mol. The minimum absolute atomic E-state index is 0.00548. The highest BCUT2D eigenvalue weighted by Crippen LogP contribution is 2.27. The van der Waals surface area contributed by atoms with Gasteiger partial charge in [0, 0.05) is 16.8 Å². The second-order valence-electron chi connectivity index (χ2n) is 6.09. The first-order valence-corrected chi connectivity index (χ1v) is 8.75. The van der Waals surface area contributed by atoms with Crippen molar-refractivity contribution in [2.24, 2.45) is 0 Å². The van der Waals surface area contributed by atoms with E-state index in [9.17, 15) is 9.59 Å². The molecule has 148 valence electrons. The summed E-state index contributed by atoms with van der Waals surface area (Å²) in [5.41, 5.74) is 1.80. The molecule has 1 aromatic heterocycles. The normalized spacial score (nSPS) is 10.2. The van der Waals surface area contributed by atoms with Gasteiger partial charge in [0.1, 0.15) is 0 Å². The lowest BCUT2D eigenvalue weighted by Gasteiger charge is -2.10. The van der Waals surface area contributed by atoms with Crippen molar-refractivity contribution in [2.75, 3.05) is 24.9 Å². The third-order valence-electron chi connectivity index (χ3n) is 4.12. The van der Waals surface area contributed by atoms with Gasteiger partial charge in [-0.2, -0.15) is 0 Å². The van der Waals surface area contributed by atoms with Gasteiger partial charge in [0.15, 0.2) is 28.9 Å². The Kier molecular flexibility index (Phi) is 6.03. The van der Waals surface area contributed by atoms with Gasteiger partial charge in [-0.3, -0.25) is 9.59 Å². The molecule has 0 unspecified atom stereocenters. The van der Waals surface area contributed by atoms with Crippen LogP contribution in [0.4, 0.5) is 17.3 Å². The number of nitrogens with zero attached hydrogens (tertiary/aromatic N) is 2. The van der Waals surface area contributed by atoms with E-state index in [1.807, 2.05) is 0 Å². The SMILES string of the molecule is COc1ccc(C(=O)Nc2ccc(Nc3ccc(C(C)=O)cc3)nn2)cc1OC. The predicted octanol–water partition coefficient (Wildman–Crippen LogP) is 3.69. The van der Waals surface area contributed by atoms with E-state index in [1.165, 1.54) is 21.1 Å². The number of carbonyl (C=O) groups excluding carboxylic acids is 2. The number of amides is 1. The molecule has 2 N–H and O–H groups in total. The van der Waals surface area contributed by atoms with Gasteiger partial charge in [-0.15, -0.1) is 10.2 Å². The maximum Gasteiger partial charge on any atom is 0.257 e. The number of nitrogens with one attached hydrogen (secondary N) is 2. The van der Waals surface area contributed by atoms with Crippen molar-refractivity contribution < 1.29 is 19.1 Å². The molecule has 8 heteroatoms. The van der Waals surface area contributed by atoms with Gasteiger partial charge in [-0.25, -0.2) is 0 Å². The average Bonchev–Trinajstić information content (AvgIpc) is 2.75. The number of benzene rings is 2. The summed E-state index contributed by atoms with van der Waals surface area (Å²) in [6.45, 7) is 1.52. The standard InChI is InChI=1S/C21H20N4O4/c1-13(26)14-4-7-16(8-5-14)22-19-10-11-20(25-24-19)23-21(27)15-6-9-17(28-2)18(12-15)29-3/h4-12H,1-3H3,(H,22,24)(H,23,25,27). The number of methoxy groups -OCH3 is 2. The van der Waals surface area contributed by atoms with E-state index in [4.69, 9.17) is 9.47 Å². The number of aromatic nitrogens is 2. The van der Waals surface area contributed by atoms with Crippen LogP contribution >= 0.6 is 0 Å². The van der Waals surface area contributed by atoms with Gasteiger partial charge in [0.2, 0.25) is 0 Å². The lowest BCUT2D eigenvalue weighted by Crippen LogP contribution is -2.13. The quantitative estimate of drug-likeness (QED) is 0.591. The molecule has 8 nitrogen and oxygen atoms in total. The number of hydrogen-bond donors (Lipinski definition) is 2. The molecule has 0 aliphatic heterocycles. The van der Waals surface area contributed by atoms with Gasteiger partial charge >= 0.3 is 0 Å². The lowest BCUT2D eigenvalue weighted by atomic mass is 10.1. The first-order valence-electron chi connectivity index (χ1n) is 8.75. The van der Waals surface area contributed by atoms with Crippen molar-refractivity contribution in [1.82, 2.24) is 10.2 Å². The second-order valence-corrected chi connectivity index (χ2v) is 6.09. The number of rotatable bonds is 7. The van der Waals surface area contributed by atoms with Gasteiger partial charge in [-0.1, -0.05) is 0 Å². The van der Waals surface area contributed by atoms with E-state index in [2.05, 4.69) is 20.8 Å². The minimum atomic E-state index is -0.346. The minimum Gasteiger partial charge on any atom is -0.493 e. The topological polar surface area (TPSA) is 102 Å². The van der Waals surface area contributed by atoms with Crippen molar-refractivity contribution in [2.45, 2.75) is 6.92 Å². The molecule has 2 aromatic carbocycles. The number of ether oxygens (including phenoxy) is 2. The van der Waals surface area contributed by atoms with Gasteiger partial charge < -0.3 is 20.1 Å². The molecule has 0 fully saturated rings. The van der Waals surface area contributed by atoms with E-state index in [-0.39, 0.29) is 11.7 Å². The maximum absolute atomic E-state index is 12.4. The van der Waals surface area contributed by atoms with Crippen molar-refractivity contribution >= 4 is 29.0 Å². The van der Waals surface area contributed by atoms with Gasteiger partial charge in [0.05, 0.1) is 14.2 Å². The fraction of sp³-hybridized carbons (Fsp3) is 0.143. The Morgan fingerprint density at radius 3 is 2.00 bits per heavy atom. The molecule has 3 rings (SSSR count). The predicted molar refractivity (Wildman–Crippen MR) is 109 cm³/mol. The first-order chi connectivity index (χ1) is 14.0. The molecule has 0 aliphatic rings. The highest BCUT2D eigenvalue weighted by molar-refractivity contribution is 6.04. The molecule has 0 radical (unpaired) electrons. The fourth-order valence-corrected chi connectivity index (χ4v) is 2.57. The Morgan fingerprint density at radius 2 is 1.41 bits per heavy atom. The van der Waals surface area contributed by atoms with E-state index in [0.717, 1.165) is 5.69 Å². The second kappa shape index (κ2) is 8.83. The van der Waals surface area contributed by atoms with Crippen LogP contribution in [0.1, 0.15) is 27.6 Å². The summed E-state index contributed by atoms with van der Waals surface area (Å²) in [5.74, 6) is 1.47. The Morgan fingerprint density at radius 1 is 0.793 bits per heavy atom. The van der Waals surface area contributed by atoms with E-state index in [0.29, 0.717) is 34.3 Å². The van der Waals surface area contributed by atoms with Crippen molar-refractivity contribution in [3.63, 3.8) is 0 Å². The van der Waals surface area contributed by atoms with Crippen LogP contribution in [-0.2, 0) is 0 Å². The van der Waals surface area contributed by atoms with E-state index in [1.54, 1.807) is 54.6 Å². The van der Waals surface area contributed by atoms with E-state index < -0.39 is 0 Å². The van der Waals surface area contributed by atoms with Crippen LogP contribution in [0, 0.1) is 0 Å². The molecule has 0 bridgehead atoms. The number of ketones is 1. The Bertz CT molecular complexity index is 1020. The van der Waals surface area contributed by atoms with Crippen molar-refractivity contribution in [1.29, 1.82) is 0 Å². The molecule has 0 saturated carbocycles. The van der Waals surface area contributed by atoms with E-state index >= 15 is 0 Å². The number of anilines is 3. The van der Waals surface area contributed by atoms with Crippen LogP contribution in [0.5, 0.6) is 11.5 Å². The fourth-order valence-electron chi connectivity index (χ4n) is 2.57. The zero-order chi connectivity index (χ0) is 20.8. The highest BCUT2D eigenvalue weighted by Gasteiger charge is 2.12. The monoisotopic (exact) mass is 392 g/mol. The smallest absolute Gasteiger partial charge is 0.257 e. The molecule has 0 saturated heterocycles. The zero-order valence-electron chi connectivity index (χ0n) is 16.2. The first kappa shape index (κ1) is 19.8. The van der Waals surface area contributed by atoms with Crippen LogP contribution in [0.3, 0.4) is 0 Å². The summed E-state index contributed by atoms with van der Waals surface area (Å²) in [4.78, 5) is 23.7. The molecule has 1 heterocycles. The molecule has 29 heavy (non-hydrogen) atoms. The highest BCUT2D eigenvalue weighted by atomic mass is 16.5. The third kappa shape index (κ3) is 4.86. The molecule has 0 atom stereocenters. The number of carbonyl (C=O) groups is 2. The summed E-state index contributed by atoms with van der Waals surface area (Å²) in [5, 5.41) is 13.8. The average molecular weight is 392 g/mol. The van der Waals surface area contributed by atoms with Crippen LogP contribution in [0.15, 0.2) is 54.6 Å². The summed E-state index contributed by atoms with van der Waals surface area (Å²) in [7, 11) is 3.03. The number of hydrogen-bond acceptors (Lipinski definition) is 7. The van der Waals surface area contributed by atoms with Gasteiger partial charge in [0.25, 0.3) is 5.91 Å². The van der Waals surface area contributed by atoms with Crippen LogP contribution in [0.25, 0.3) is 0 Å². The summed E-state index contributed by atoms with van der Waals surface area (Å²) >= 11 is 0. The Hall–Kier alpha value is -3.94. The van der Waals surface area contributed by atoms with Gasteiger partial charge in [-0.05, 0) is 61.5 Å². The third-order valence-corrected chi connectivity index (χ3v) is 4.12. The molecule has 1 amide bonds. The van der Waals surface area contributed by atoms with Crippen LogP contribution < -0.4 is 20.1 Å². The van der Waals surface area contributed by atoms with Crippen LogP contribution in [0.2, 0.25) is 0 Å². The Balaban J connectivity index is 1.65. The van der Waals surface area contributed by atoms with Crippen LogP contribution in [-0.4, -0.2) is 36.1 Å². The maximum atomic E-state index is 12.4. The number of Topliss-reactive ketones (excluding diaryl/α,β-unsaturated/α-hetero) is 1. The summed E-state index contributed by atoms with van der Waals surface area (Å²) in [6.07, 6.45) is 0. The van der Waals surface area contributed by atoms with Crippen molar-refractivity contribution in [3.05, 3.63) is 65.7 Å². The molecule has 0 aliphatic carbocycles. The zero-order valence-corrected chi connectivity index (χ0v) is 16.2. The summed E-state index contributed by atoms with van der Waals surface area (Å²) in [6, 6.07) is 15.2. The summed E-state index contributed by atoms with van der Waals surface area (Å²) < 4.78 is 10.4. The Labute approximate surface area is 167 Å². The lowest BCUT2D eigenvalue weighted by molar-refractivity contribution is 0.101. The molecule has 0 spiro atoms. The molecule has 3 aromatic rings. The molecular formula is C21H20N4O4.